The summed E-state index contributed by atoms with van der Waals surface area (Å²) in [6.07, 6.45) is 2.84. The summed E-state index contributed by atoms with van der Waals surface area (Å²) >= 11 is 0. The first-order chi connectivity index (χ1) is 9.54. The Morgan fingerprint density at radius 1 is 1.20 bits per heavy atom. The fourth-order valence-electron chi connectivity index (χ4n) is 2.53. The third-order valence-corrected chi connectivity index (χ3v) is 3.68. The van der Waals surface area contributed by atoms with Crippen LogP contribution in [0.15, 0.2) is 24.3 Å². The summed E-state index contributed by atoms with van der Waals surface area (Å²) in [7, 11) is 0. The first kappa shape index (κ1) is 14.9. The molecule has 0 spiro atoms. The summed E-state index contributed by atoms with van der Waals surface area (Å²) in [5.74, 6) is 0.256. The number of alkyl halides is 2. The summed E-state index contributed by atoms with van der Waals surface area (Å²) in [6.45, 7) is -2.84. The Bertz CT molecular complexity index is 437. The molecule has 0 amide bonds. The average Bonchev–Trinajstić information content (AvgIpc) is 2.41. The van der Waals surface area contributed by atoms with Crippen molar-refractivity contribution >= 4 is 5.78 Å². The highest BCUT2D eigenvalue weighted by Gasteiger charge is 2.24. The topological polar surface area (TPSA) is 46.5 Å². The maximum Gasteiger partial charge on any atom is 0.387 e. The van der Waals surface area contributed by atoms with Gasteiger partial charge in [0.1, 0.15) is 11.5 Å². The Labute approximate surface area is 116 Å². The zero-order valence-corrected chi connectivity index (χ0v) is 11.1. The molecule has 0 aliphatic heterocycles. The SMILES string of the molecule is O=C(Cc1ccc(OC(F)F)cc1)C1CCC(O)CC1. The molecule has 1 saturated carbocycles. The quantitative estimate of drug-likeness (QED) is 0.904. The largest absolute Gasteiger partial charge is 0.435 e. The maximum atomic E-state index is 12.1. The number of benzene rings is 1. The van der Waals surface area contributed by atoms with Crippen molar-refractivity contribution in [2.45, 2.75) is 44.8 Å². The molecule has 1 N–H and O–H groups in total. The first-order valence-electron chi connectivity index (χ1n) is 6.79. The number of aliphatic hydroxyl groups excluding tert-OH is 1. The Balaban J connectivity index is 1.88. The van der Waals surface area contributed by atoms with Crippen LogP contribution in [-0.4, -0.2) is 23.6 Å². The van der Waals surface area contributed by atoms with Crippen LogP contribution >= 0.6 is 0 Å². The maximum absolute atomic E-state index is 12.1. The Hall–Kier alpha value is -1.49. The van der Waals surface area contributed by atoms with Gasteiger partial charge in [0.05, 0.1) is 6.10 Å². The summed E-state index contributed by atoms with van der Waals surface area (Å²) in [5, 5.41) is 9.41. The van der Waals surface area contributed by atoms with Gasteiger partial charge in [-0.25, -0.2) is 0 Å². The van der Waals surface area contributed by atoms with E-state index in [9.17, 15) is 18.7 Å². The summed E-state index contributed by atoms with van der Waals surface area (Å²) < 4.78 is 28.3. The highest BCUT2D eigenvalue weighted by molar-refractivity contribution is 5.83. The number of hydrogen-bond acceptors (Lipinski definition) is 3. The molecule has 5 heteroatoms. The molecular formula is C15H18F2O3. The average molecular weight is 284 g/mol. The lowest BCUT2D eigenvalue weighted by molar-refractivity contribution is -0.123. The van der Waals surface area contributed by atoms with Gasteiger partial charge in [-0.2, -0.15) is 8.78 Å². The minimum absolute atomic E-state index is 0.00962. The van der Waals surface area contributed by atoms with E-state index < -0.39 is 6.61 Å². The molecule has 3 nitrogen and oxygen atoms in total. The lowest BCUT2D eigenvalue weighted by atomic mass is 9.83. The molecule has 1 aromatic carbocycles. The summed E-state index contributed by atoms with van der Waals surface area (Å²) in [5.41, 5.74) is 0.794. The summed E-state index contributed by atoms with van der Waals surface area (Å²) in [6, 6.07) is 6.15. The van der Waals surface area contributed by atoms with Crippen LogP contribution in [0.4, 0.5) is 8.78 Å². The lowest BCUT2D eigenvalue weighted by Gasteiger charge is -2.24. The third kappa shape index (κ3) is 4.27. The van der Waals surface area contributed by atoms with Gasteiger partial charge in [0, 0.05) is 12.3 Å². The summed E-state index contributed by atoms with van der Waals surface area (Å²) in [4.78, 5) is 12.1. The lowest BCUT2D eigenvalue weighted by Crippen LogP contribution is -2.25. The smallest absolute Gasteiger partial charge is 0.387 e. The standard InChI is InChI=1S/C15H18F2O3/c16-15(17)20-13-7-1-10(2-8-13)9-14(19)11-3-5-12(18)6-4-11/h1-2,7-8,11-12,15,18H,3-6,9H2. The molecule has 1 aliphatic rings. The second-order valence-corrected chi connectivity index (χ2v) is 5.17. The molecule has 20 heavy (non-hydrogen) atoms. The molecular weight excluding hydrogens is 266 g/mol. The van der Waals surface area contributed by atoms with Crippen LogP contribution in [0.25, 0.3) is 0 Å². The number of carbonyl (C=O) groups excluding carboxylic acids is 1. The Morgan fingerprint density at radius 3 is 2.35 bits per heavy atom. The number of ether oxygens (including phenoxy) is 1. The molecule has 1 aromatic rings. The van der Waals surface area contributed by atoms with E-state index in [1.54, 1.807) is 12.1 Å². The fourth-order valence-corrected chi connectivity index (χ4v) is 2.53. The number of hydrogen-bond donors (Lipinski definition) is 1. The highest BCUT2D eigenvalue weighted by Crippen LogP contribution is 2.26. The van der Waals surface area contributed by atoms with Gasteiger partial charge in [-0.05, 0) is 43.4 Å². The molecule has 0 atom stereocenters. The van der Waals surface area contributed by atoms with E-state index in [1.165, 1.54) is 12.1 Å². The van der Waals surface area contributed by atoms with Crippen LogP contribution in [0.3, 0.4) is 0 Å². The van der Waals surface area contributed by atoms with Crippen molar-refractivity contribution in [3.8, 4) is 5.75 Å². The first-order valence-corrected chi connectivity index (χ1v) is 6.79. The Kier molecular flexibility index (Phi) is 5.06. The van der Waals surface area contributed by atoms with Crippen LogP contribution in [0.5, 0.6) is 5.75 Å². The van der Waals surface area contributed by atoms with E-state index in [1.807, 2.05) is 0 Å². The monoisotopic (exact) mass is 284 g/mol. The number of aliphatic hydroxyl groups is 1. The van der Waals surface area contributed by atoms with Crippen LogP contribution < -0.4 is 4.74 Å². The van der Waals surface area contributed by atoms with Crippen molar-refractivity contribution in [2.75, 3.05) is 0 Å². The second kappa shape index (κ2) is 6.79. The minimum atomic E-state index is -2.84. The van der Waals surface area contributed by atoms with E-state index >= 15 is 0 Å². The van der Waals surface area contributed by atoms with Crippen molar-refractivity contribution in [3.05, 3.63) is 29.8 Å². The number of Topliss-reactive ketones (excluding diaryl/α,β-unsaturated/α-hetero) is 1. The van der Waals surface area contributed by atoms with E-state index in [2.05, 4.69) is 4.74 Å². The van der Waals surface area contributed by atoms with Crippen molar-refractivity contribution in [1.29, 1.82) is 0 Å². The number of ketones is 1. The Morgan fingerprint density at radius 2 is 1.80 bits per heavy atom. The highest BCUT2D eigenvalue weighted by atomic mass is 19.3. The molecule has 0 unspecified atom stereocenters. The van der Waals surface area contributed by atoms with Gasteiger partial charge >= 0.3 is 6.61 Å². The number of halogens is 2. The normalized spacial score (nSPS) is 22.8. The van der Waals surface area contributed by atoms with Crippen molar-refractivity contribution in [2.24, 2.45) is 5.92 Å². The molecule has 1 fully saturated rings. The van der Waals surface area contributed by atoms with Crippen LogP contribution in [-0.2, 0) is 11.2 Å². The van der Waals surface area contributed by atoms with Crippen molar-refractivity contribution in [1.82, 2.24) is 0 Å². The molecule has 0 radical (unpaired) electrons. The number of carbonyl (C=O) groups is 1. The van der Waals surface area contributed by atoms with Crippen LogP contribution in [0, 0.1) is 5.92 Å². The van der Waals surface area contributed by atoms with Gasteiger partial charge < -0.3 is 9.84 Å². The van der Waals surface area contributed by atoms with E-state index in [4.69, 9.17) is 0 Å². The number of rotatable bonds is 5. The molecule has 110 valence electrons. The predicted octanol–water partition coefficient (Wildman–Crippen LogP) is 2.95. The zero-order valence-electron chi connectivity index (χ0n) is 11.1. The van der Waals surface area contributed by atoms with Gasteiger partial charge in [0.25, 0.3) is 0 Å². The van der Waals surface area contributed by atoms with Gasteiger partial charge in [0.15, 0.2) is 0 Å². The van der Waals surface area contributed by atoms with Gasteiger partial charge in [-0.1, -0.05) is 12.1 Å². The molecule has 0 heterocycles. The molecule has 2 rings (SSSR count). The molecule has 0 saturated heterocycles. The minimum Gasteiger partial charge on any atom is -0.435 e. The fraction of sp³-hybridized carbons (Fsp3) is 0.533. The molecule has 0 aromatic heterocycles. The second-order valence-electron chi connectivity index (χ2n) is 5.17. The van der Waals surface area contributed by atoms with Gasteiger partial charge in [-0.15, -0.1) is 0 Å². The van der Waals surface area contributed by atoms with Gasteiger partial charge in [-0.3, -0.25) is 4.79 Å². The van der Waals surface area contributed by atoms with Crippen LogP contribution in [0.1, 0.15) is 31.2 Å². The van der Waals surface area contributed by atoms with Crippen molar-refractivity contribution < 1.29 is 23.4 Å². The third-order valence-electron chi connectivity index (χ3n) is 3.68. The van der Waals surface area contributed by atoms with E-state index in [0.29, 0.717) is 19.3 Å². The van der Waals surface area contributed by atoms with E-state index in [-0.39, 0.29) is 23.6 Å². The van der Waals surface area contributed by atoms with Gasteiger partial charge in [0.2, 0.25) is 0 Å². The van der Waals surface area contributed by atoms with Crippen LogP contribution in [0.2, 0.25) is 0 Å². The molecule has 1 aliphatic carbocycles. The van der Waals surface area contributed by atoms with E-state index in [0.717, 1.165) is 18.4 Å². The van der Waals surface area contributed by atoms with Crippen molar-refractivity contribution in [3.63, 3.8) is 0 Å². The molecule has 0 bridgehead atoms. The predicted molar refractivity (Wildman–Crippen MR) is 69.7 cm³/mol. The zero-order chi connectivity index (χ0) is 14.5.